The van der Waals surface area contributed by atoms with E-state index in [0.717, 1.165) is 38.3 Å². The Morgan fingerprint density at radius 2 is 2.28 bits per heavy atom. The Bertz CT molecular complexity index is 496. The topological polar surface area (TPSA) is 81.4 Å². The van der Waals surface area contributed by atoms with Crippen molar-refractivity contribution in [3.05, 3.63) is 24.3 Å². The van der Waals surface area contributed by atoms with Crippen molar-refractivity contribution in [1.29, 1.82) is 0 Å². The standard InChI is InChI=1S/C12H18N2O3S/c13-18(15,16)12-5-1-4-11(7-12)14-8-10-3-2-6-17-9-10/h1,4-5,7,10,14H,2-3,6,8-9H2,(H2,13,15,16). The van der Waals surface area contributed by atoms with Gasteiger partial charge < -0.3 is 10.1 Å². The molecule has 6 heteroatoms. The van der Waals surface area contributed by atoms with E-state index in [-0.39, 0.29) is 4.90 Å². The molecule has 1 atom stereocenters. The molecule has 0 spiro atoms. The number of rotatable bonds is 4. The first-order chi connectivity index (χ1) is 8.55. The molecule has 100 valence electrons. The van der Waals surface area contributed by atoms with E-state index in [9.17, 15) is 8.42 Å². The van der Waals surface area contributed by atoms with Gasteiger partial charge in [-0.2, -0.15) is 0 Å². The van der Waals surface area contributed by atoms with Crippen LogP contribution < -0.4 is 10.5 Å². The highest BCUT2D eigenvalue weighted by atomic mass is 32.2. The smallest absolute Gasteiger partial charge is 0.238 e. The maximum atomic E-state index is 11.2. The van der Waals surface area contributed by atoms with Crippen LogP contribution in [0.25, 0.3) is 0 Å². The van der Waals surface area contributed by atoms with E-state index in [1.165, 1.54) is 6.07 Å². The number of anilines is 1. The molecule has 18 heavy (non-hydrogen) atoms. The van der Waals surface area contributed by atoms with Crippen molar-refractivity contribution < 1.29 is 13.2 Å². The van der Waals surface area contributed by atoms with Crippen molar-refractivity contribution in [2.45, 2.75) is 17.7 Å². The van der Waals surface area contributed by atoms with Gasteiger partial charge in [-0.05, 0) is 37.0 Å². The lowest BCUT2D eigenvalue weighted by Crippen LogP contribution is -2.24. The molecule has 0 saturated carbocycles. The van der Waals surface area contributed by atoms with Crippen LogP contribution in [0.2, 0.25) is 0 Å². The van der Waals surface area contributed by atoms with Crippen molar-refractivity contribution >= 4 is 15.7 Å². The fourth-order valence-electron chi connectivity index (χ4n) is 2.01. The highest BCUT2D eigenvalue weighted by molar-refractivity contribution is 7.89. The van der Waals surface area contributed by atoms with Crippen LogP contribution in [0.15, 0.2) is 29.2 Å². The molecular weight excluding hydrogens is 252 g/mol. The summed E-state index contributed by atoms with van der Waals surface area (Å²) in [6.07, 6.45) is 2.23. The molecule has 0 aliphatic carbocycles. The summed E-state index contributed by atoms with van der Waals surface area (Å²) in [6, 6.07) is 6.56. The third-order valence-electron chi connectivity index (χ3n) is 3.01. The van der Waals surface area contributed by atoms with Gasteiger partial charge >= 0.3 is 0 Å². The summed E-state index contributed by atoms with van der Waals surface area (Å²) in [4.78, 5) is 0.132. The number of nitrogens with two attached hydrogens (primary N) is 1. The van der Waals surface area contributed by atoms with Crippen LogP contribution in [0.1, 0.15) is 12.8 Å². The van der Waals surface area contributed by atoms with Gasteiger partial charge in [-0.1, -0.05) is 6.07 Å². The zero-order valence-electron chi connectivity index (χ0n) is 10.1. The van der Waals surface area contributed by atoms with E-state index in [2.05, 4.69) is 5.32 Å². The Balaban J connectivity index is 1.97. The van der Waals surface area contributed by atoms with Crippen molar-refractivity contribution in [2.24, 2.45) is 11.1 Å². The fourth-order valence-corrected chi connectivity index (χ4v) is 2.57. The van der Waals surface area contributed by atoms with Crippen LogP contribution in [0.4, 0.5) is 5.69 Å². The van der Waals surface area contributed by atoms with Crippen LogP contribution in [0.5, 0.6) is 0 Å². The maximum Gasteiger partial charge on any atom is 0.238 e. The minimum Gasteiger partial charge on any atom is -0.385 e. The zero-order valence-corrected chi connectivity index (χ0v) is 10.9. The number of primary sulfonamides is 1. The monoisotopic (exact) mass is 270 g/mol. The van der Waals surface area contributed by atoms with E-state index < -0.39 is 10.0 Å². The average Bonchev–Trinajstić information content (AvgIpc) is 2.37. The summed E-state index contributed by atoms with van der Waals surface area (Å²) in [5.74, 6) is 0.483. The Kier molecular flexibility index (Phi) is 4.21. The summed E-state index contributed by atoms with van der Waals surface area (Å²) in [5, 5.41) is 8.32. The molecule has 0 aromatic heterocycles. The molecule has 2 rings (SSSR count). The van der Waals surface area contributed by atoms with Crippen molar-refractivity contribution in [3.63, 3.8) is 0 Å². The third-order valence-corrected chi connectivity index (χ3v) is 3.92. The Morgan fingerprint density at radius 3 is 2.94 bits per heavy atom. The van der Waals surface area contributed by atoms with Crippen LogP contribution in [0.3, 0.4) is 0 Å². The van der Waals surface area contributed by atoms with E-state index in [1.54, 1.807) is 12.1 Å². The third kappa shape index (κ3) is 3.69. The zero-order chi connectivity index (χ0) is 13.0. The van der Waals surface area contributed by atoms with Crippen LogP contribution >= 0.6 is 0 Å². The molecule has 1 saturated heterocycles. The summed E-state index contributed by atoms with van der Waals surface area (Å²) < 4.78 is 27.8. The first-order valence-corrected chi connectivity index (χ1v) is 7.55. The average molecular weight is 270 g/mol. The minimum absolute atomic E-state index is 0.132. The minimum atomic E-state index is -3.63. The second-order valence-corrected chi connectivity index (χ2v) is 6.10. The van der Waals surface area contributed by atoms with E-state index >= 15 is 0 Å². The van der Waals surface area contributed by atoms with Crippen molar-refractivity contribution in [1.82, 2.24) is 0 Å². The Morgan fingerprint density at radius 1 is 1.44 bits per heavy atom. The molecule has 1 heterocycles. The molecule has 1 aliphatic heterocycles. The normalized spacial score (nSPS) is 20.6. The quantitative estimate of drug-likeness (QED) is 0.860. The summed E-state index contributed by atoms with van der Waals surface area (Å²) in [5.41, 5.74) is 0.770. The van der Waals surface area contributed by atoms with Gasteiger partial charge in [0, 0.05) is 18.8 Å². The number of nitrogens with one attached hydrogen (secondary N) is 1. The molecule has 0 bridgehead atoms. The Hall–Kier alpha value is -1.11. The summed E-state index contributed by atoms with van der Waals surface area (Å²) in [7, 11) is -3.63. The van der Waals surface area contributed by atoms with Crippen LogP contribution in [-0.2, 0) is 14.8 Å². The van der Waals surface area contributed by atoms with Gasteiger partial charge in [0.1, 0.15) is 0 Å². The van der Waals surface area contributed by atoms with Gasteiger partial charge in [-0.25, -0.2) is 13.6 Å². The van der Waals surface area contributed by atoms with Gasteiger partial charge in [0.05, 0.1) is 11.5 Å². The SMILES string of the molecule is NS(=O)(=O)c1cccc(NCC2CCCOC2)c1. The molecular formula is C12H18N2O3S. The predicted octanol–water partition coefficient (Wildman–Crippen LogP) is 1.17. The maximum absolute atomic E-state index is 11.2. The fraction of sp³-hybridized carbons (Fsp3) is 0.500. The second kappa shape index (κ2) is 5.69. The highest BCUT2D eigenvalue weighted by Crippen LogP contribution is 2.17. The van der Waals surface area contributed by atoms with Gasteiger partial charge in [-0.15, -0.1) is 0 Å². The number of hydrogen-bond acceptors (Lipinski definition) is 4. The van der Waals surface area contributed by atoms with E-state index in [4.69, 9.17) is 9.88 Å². The van der Waals surface area contributed by atoms with Gasteiger partial charge in [0.25, 0.3) is 0 Å². The molecule has 0 radical (unpaired) electrons. The summed E-state index contributed by atoms with van der Waals surface area (Å²) in [6.45, 7) is 2.40. The van der Waals surface area contributed by atoms with Gasteiger partial charge in [0.2, 0.25) is 10.0 Å². The van der Waals surface area contributed by atoms with Gasteiger partial charge in [-0.3, -0.25) is 0 Å². The first-order valence-electron chi connectivity index (χ1n) is 6.00. The largest absolute Gasteiger partial charge is 0.385 e. The van der Waals surface area contributed by atoms with Gasteiger partial charge in [0.15, 0.2) is 0 Å². The number of hydrogen-bond donors (Lipinski definition) is 2. The first kappa shape index (κ1) is 13.3. The molecule has 3 N–H and O–H groups in total. The van der Waals surface area contributed by atoms with Crippen molar-refractivity contribution in [2.75, 3.05) is 25.1 Å². The number of ether oxygens (including phenoxy) is 1. The number of benzene rings is 1. The molecule has 1 aromatic rings. The van der Waals surface area contributed by atoms with E-state index in [1.807, 2.05) is 6.07 Å². The predicted molar refractivity (Wildman–Crippen MR) is 69.8 cm³/mol. The van der Waals surface area contributed by atoms with E-state index in [0.29, 0.717) is 5.92 Å². The van der Waals surface area contributed by atoms with Crippen LogP contribution in [-0.4, -0.2) is 28.2 Å². The van der Waals surface area contributed by atoms with Crippen LogP contribution in [0, 0.1) is 5.92 Å². The van der Waals surface area contributed by atoms with Crippen molar-refractivity contribution in [3.8, 4) is 0 Å². The molecule has 1 aliphatic rings. The molecule has 1 fully saturated rings. The number of sulfonamides is 1. The lowest BCUT2D eigenvalue weighted by atomic mass is 10.0. The Labute approximate surface area is 107 Å². The molecule has 1 aromatic carbocycles. The lowest BCUT2D eigenvalue weighted by molar-refractivity contribution is 0.0595. The molecule has 1 unspecified atom stereocenters. The molecule has 5 nitrogen and oxygen atoms in total. The second-order valence-electron chi connectivity index (χ2n) is 4.54. The lowest BCUT2D eigenvalue weighted by Gasteiger charge is -2.22. The summed E-state index contributed by atoms with van der Waals surface area (Å²) >= 11 is 0. The molecule has 0 amide bonds. The highest BCUT2D eigenvalue weighted by Gasteiger charge is 2.14.